The van der Waals surface area contributed by atoms with Gasteiger partial charge >= 0.3 is 12.1 Å². The van der Waals surface area contributed by atoms with Gasteiger partial charge in [-0.2, -0.15) is 13.2 Å². The maximum Gasteiger partial charge on any atom is 0.404 e. The molecule has 17 heavy (non-hydrogen) atoms. The minimum absolute atomic E-state index is 0.169. The first kappa shape index (κ1) is 14.3. The number of nitrogens with zero attached hydrogens (tertiary/aromatic N) is 1. The molecule has 0 amide bonds. The van der Waals surface area contributed by atoms with Gasteiger partial charge in [0, 0.05) is 6.54 Å². The first-order chi connectivity index (χ1) is 7.71. The molecule has 1 rings (SSSR count). The summed E-state index contributed by atoms with van der Waals surface area (Å²) in [6.07, 6.45) is -4.66. The Morgan fingerprint density at radius 3 is 2.41 bits per heavy atom. The quantitative estimate of drug-likeness (QED) is 0.839. The highest BCUT2D eigenvalue weighted by Crippen LogP contribution is 2.32. The van der Waals surface area contributed by atoms with Gasteiger partial charge in [0.25, 0.3) is 0 Å². The van der Waals surface area contributed by atoms with E-state index in [1.165, 1.54) is 4.90 Å². The zero-order valence-corrected chi connectivity index (χ0v) is 10.00. The van der Waals surface area contributed by atoms with Crippen molar-refractivity contribution in [1.29, 1.82) is 0 Å². The van der Waals surface area contributed by atoms with E-state index >= 15 is 0 Å². The number of carboxylic acids is 1. The topological polar surface area (TPSA) is 40.5 Å². The van der Waals surface area contributed by atoms with Crippen LogP contribution in [0.1, 0.15) is 26.7 Å². The van der Waals surface area contributed by atoms with Crippen LogP contribution in [-0.2, 0) is 4.79 Å². The summed E-state index contributed by atoms with van der Waals surface area (Å²) in [4.78, 5) is 11.8. The molecule has 6 heteroatoms. The van der Waals surface area contributed by atoms with Crippen molar-refractivity contribution in [2.24, 2.45) is 11.8 Å². The van der Waals surface area contributed by atoms with E-state index in [1.54, 1.807) is 0 Å². The summed E-state index contributed by atoms with van der Waals surface area (Å²) in [5, 5.41) is 8.57. The second kappa shape index (κ2) is 5.25. The smallest absolute Gasteiger partial charge is 0.404 e. The molecule has 0 aromatic carbocycles. The van der Waals surface area contributed by atoms with Crippen molar-refractivity contribution in [1.82, 2.24) is 4.90 Å². The van der Waals surface area contributed by atoms with Gasteiger partial charge in [0.15, 0.2) is 0 Å². The van der Waals surface area contributed by atoms with E-state index in [-0.39, 0.29) is 5.92 Å². The number of hydrogen-bond donors (Lipinski definition) is 1. The van der Waals surface area contributed by atoms with Crippen LogP contribution >= 0.6 is 0 Å². The summed E-state index contributed by atoms with van der Waals surface area (Å²) in [6.45, 7) is 4.56. The normalized spacial score (nSPS) is 29.0. The zero-order valence-electron chi connectivity index (χ0n) is 10.00. The van der Waals surface area contributed by atoms with Crippen LogP contribution < -0.4 is 0 Å². The summed E-state index contributed by atoms with van der Waals surface area (Å²) < 4.78 is 38.4. The highest BCUT2D eigenvalue weighted by Gasteiger charge is 2.46. The van der Waals surface area contributed by atoms with E-state index in [2.05, 4.69) is 0 Å². The SMILES string of the molecule is CC1CCN(C(CC(=O)O)C(F)(F)F)CC1C. The van der Waals surface area contributed by atoms with Gasteiger partial charge in [-0.05, 0) is 24.8 Å². The van der Waals surface area contributed by atoms with Crippen LogP contribution in [0.4, 0.5) is 13.2 Å². The number of carboxylic acid groups (broad SMARTS) is 1. The molecule has 3 atom stereocenters. The van der Waals surface area contributed by atoms with E-state index < -0.39 is 24.6 Å². The second-order valence-electron chi connectivity index (χ2n) is 4.89. The van der Waals surface area contributed by atoms with E-state index in [4.69, 9.17) is 5.11 Å². The van der Waals surface area contributed by atoms with Gasteiger partial charge in [0.05, 0.1) is 6.42 Å². The molecule has 0 aromatic rings. The summed E-state index contributed by atoms with van der Waals surface area (Å²) in [6, 6.07) is -1.85. The van der Waals surface area contributed by atoms with Gasteiger partial charge < -0.3 is 5.11 Å². The Hall–Kier alpha value is -0.780. The number of piperidine rings is 1. The number of likely N-dealkylation sites (tertiary alicyclic amines) is 1. The predicted octanol–water partition coefficient (Wildman–Crippen LogP) is 2.37. The van der Waals surface area contributed by atoms with Crippen molar-refractivity contribution in [3.63, 3.8) is 0 Å². The molecular formula is C11H18F3NO2. The third-order valence-corrected chi connectivity index (χ3v) is 3.55. The van der Waals surface area contributed by atoms with Crippen molar-refractivity contribution in [3.8, 4) is 0 Å². The molecular weight excluding hydrogens is 235 g/mol. The molecule has 1 saturated heterocycles. The number of alkyl halides is 3. The van der Waals surface area contributed by atoms with Crippen LogP contribution in [0.2, 0.25) is 0 Å². The van der Waals surface area contributed by atoms with Crippen molar-refractivity contribution in [3.05, 3.63) is 0 Å². The minimum atomic E-state index is -4.47. The number of carbonyl (C=O) groups is 1. The van der Waals surface area contributed by atoms with Gasteiger partial charge in [0.1, 0.15) is 6.04 Å². The number of halogens is 3. The van der Waals surface area contributed by atoms with Gasteiger partial charge in [-0.25, -0.2) is 0 Å². The van der Waals surface area contributed by atoms with E-state index in [0.717, 1.165) is 0 Å². The van der Waals surface area contributed by atoms with E-state index in [9.17, 15) is 18.0 Å². The van der Waals surface area contributed by atoms with Crippen molar-refractivity contribution < 1.29 is 23.1 Å². The lowest BCUT2D eigenvalue weighted by Crippen LogP contribution is -2.52. The second-order valence-corrected chi connectivity index (χ2v) is 4.89. The Morgan fingerprint density at radius 2 is 2.00 bits per heavy atom. The maximum absolute atomic E-state index is 12.8. The van der Waals surface area contributed by atoms with E-state index in [0.29, 0.717) is 25.4 Å². The lowest BCUT2D eigenvalue weighted by Gasteiger charge is -2.40. The molecule has 0 radical (unpaired) electrons. The third-order valence-electron chi connectivity index (χ3n) is 3.55. The van der Waals surface area contributed by atoms with Gasteiger partial charge in [-0.3, -0.25) is 9.69 Å². The molecule has 1 heterocycles. The number of hydrogen-bond acceptors (Lipinski definition) is 2. The Balaban J connectivity index is 2.74. The first-order valence-electron chi connectivity index (χ1n) is 5.74. The molecule has 0 aromatic heterocycles. The Morgan fingerprint density at radius 1 is 1.41 bits per heavy atom. The standard InChI is InChI=1S/C11H18F3NO2/c1-7-3-4-15(6-8(7)2)9(5-10(16)17)11(12,13)14/h7-9H,3-6H2,1-2H3,(H,16,17). The molecule has 0 bridgehead atoms. The minimum Gasteiger partial charge on any atom is -0.481 e. The van der Waals surface area contributed by atoms with Crippen molar-refractivity contribution in [2.45, 2.75) is 38.9 Å². The largest absolute Gasteiger partial charge is 0.481 e. The lowest BCUT2D eigenvalue weighted by molar-refractivity contribution is -0.195. The highest BCUT2D eigenvalue weighted by atomic mass is 19.4. The van der Waals surface area contributed by atoms with Crippen LogP contribution in [-0.4, -0.2) is 41.3 Å². The molecule has 3 nitrogen and oxygen atoms in total. The Bertz CT molecular complexity index is 280. The zero-order chi connectivity index (χ0) is 13.2. The first-order valence-corrected chi connectivity index (χ1v) is 5.74. The molecule has 3 unspecified atom stereocenters. The fourth-order valence-corrected chi connectivity index (χ4v) is 2.20. The average molecular weight is 253 g/mol. The van der Waals surface area contributed by atoms with Crippen LogP contribution in [0.15, 0.2) is 0 Å². The van der Waals surface area contributed by atoms with Crippen LogP contribution in [0.3, 0.4) is 0 Å². The van der Waals surface area contributed by atoms with Crippen molar-refractivity contribution >= 4 is 5.97 Å². The highest BCUT2D eigenvalue weighted by molar-refractivity contribution is 5.67. The van der Waals surface area contributed by atoms with E-state index in [1.807, 2.05) is 13.8 Å². The Labute approximate surface area is 98.6 Å². The summed E-state index contributed by atoms with van der Waals surface area (Å²) in [5.41, 5.74) is 0. The predicted molar refractivity (Wildman–Crippen MR) is 56.6 cm³/mol. The summed E-state index contributed by atoms with van der Waals surface area (Å²) in [5.74, 6) is -0.842. The van der Waals surface area contributed by atoms with Crippen LogP contribution in [0.5, 0.6) is 0 Å². The molecule has 1 N–H and O–H groups in total. The number of rotatable bonds is 3. The molecule has 100 valence electrons. The fraction of sp³-hybridized carbons (Fsp3) is 0.909. The number of aliphatic carboxylic acids is 1. The summed E-state index contributed by atoms with van der Waals surface area (Å²) >= 11 is 0. The average Bonchev–Trinajstić information content (AvgIpc) is 2.17. The lowest BCUT2D eigenvalue weighted by atomic mass is 9.87. The monoisotopic (exact) mass is 253 g/mol. The van der Waals surface area contributed by atoms with Crippen LogP contribution in [0.25, 0.3) is 0 Å². The maximum atomic E-state index is 12.8. The summed E-state index contributed by atoms with van der Waals surface area (Å²) in [7, 11) is 0. The van der Waals surface area contributed by atoms with Gasteiger partial charge in [-0.1, -0.05) is 13.8 Å². The molecule has 0 aliphatic carbocycles. The molecule has 0 saturated carbocycles. The fourth-order valence-electron chi connectivity index (χ4n) is 2.20. The molecule has 1 aliphatic rings. The Kier molecular flexibility index (Phi) is 4.41. The molecule has 1 fully saturated rings. The van der Waals surface area contributed by atoms with Gasteiger partial charge in [0.2, 0.25) is 0 Å². The molecule has 1 aliphatic heterocycles. The van der Waals surface area contributed by atoms with Gasteiger partial charge in [-0.15, -0.1) is 0 Å². The molecule has 0 spiro atoms. The van der Waals surface area contributed by atoms with Crippen molar-refractivity contribution in [2.75, 3.05) is 13.1 Å². The third kappa shape index (κ3) is 3.87. The van der Waals surface area contributed by atoms with Crippen LogP contribution in [0, 0.1) is 11.8 Å².